The van der Waals surface area contributed by atoms with Gasteiger partial charge in [0.05, 0.1) is 31.0 Å². The smallest absolute Gasteiger partial charge is 0.350 e. The second kappa shape index (κ2) is 10.5. The van der Waals surface area contributed by atoms with Crippen LogP contribution in [-0.2, 0) is 14.3 Å². The van der Waals surface area contributed by atoms with Crippen molar-refractivity contribution in [1.82, 2.24) is 4.98 Å². The van der Waals surface area contributed by atoms with Crippen LogP contribution in [0.4, 0.5) is 5.13 Å². The van der Waals surface area contributed by atoms with Crippen molar-refractivity contribution in [1.29, 1.82) is 0 Å². The Hall–Kier alpha value is -3.40. The first-order valence-electron chi connectivity index (χ1n) is 11.1. The Kier molecular flexibility index (Phi) is 7.59. The first-order valence-corrected chi connectivity index (χ1v) is 12.7. The van der Waals surface area contributed by atoms with E-state index in [0.717, 1.165) is 16.2 Å². The van der Waals surface area contributed by atoms with Gasteiger partial charge in [0, 0.05) is 15.6 Å². The average Bonchev–Trinajstić information content (AvgIpc) is 3.35. The molecule has 2 heterocycles. The molecule has 2 aromatic carbocycles. The third-order valence-corrected chi connectivity index (χ3v) is 7.54. The molecule has 0 aliphatic carbocycles. The van der Waals surface area contributed by atoms with E-state index < -0.39 is 23.7 Å². The molecular formula is C26H22Cl2N2O6S. The minimum absolute atomic E-state index is 0.0872. The summed E-state index contributed by atoms with van der Waals surface area (Å²) in [5, 5.41) is 12.0. The highest BCUT2D eigenvalue weighted by Gasteiger charge is 2.49. The third kappa shape index (κ3) is 4.82. The van der Waals surface area contributed by atoms with Crippen molar-refractivity contribution >= 4 is 63.1 Å². The maximum absolute atomic E-state index is 13.4. The van der Waals surface area contributed by atoms with Crippen molar-refractivity contribution in [3.63, 3.8) is 0 Å². The van der Waals surface area contributed by atoms with E-state index in [0.29, 0.717) is 33.2 Å². The molecule has 4 rings (SSSR count). The molecule has 0 radical (unpaired) electrons. The molecule has 1 atom stereocenters. The highest BCUT2D eigenvalue weighted by molar-refractivity contribution is 7.17. The fraction of sp³-hybridized carbons (Fsp3) is 0.231. The number of hydrogen-bond acceptors (Lipinski definition) is 8. The molecule has 8 nitrogen and oxygen atoms in total. The van der Waals surface area contributed by atoms with Gasteiger partial charge in [-0.15, -0.1) is 0 Å². The molecule has 0 spiro atoms. The molecule has 1 saturated heterocycles. The summed E-state index contributed by atoms with van der Waals surface area (Å²) in [5.74, 6) is -2.25. The van der Waals surface area contributed by atoms with E-state index in [1.807, 2.05) is 0 Å². The van der Waals surface area contributed by atoms with E-state index in [-0.39, 0.29) is 33.0 Å². The molecule has 0 bridgehead atoms. The monoisotopic (exact) mass is 560 g/mol. The van der Waals surface area contributed by atoms with Crippen LogP contribution in [0.1, 0.15) is 45.0 Å². The quantitative estimate of drug-likeness (QED) is 0.173. The number of esters is 1. The Labute approximate surface area is 227 Å². The average molecular weight is 561 g/mol. The topological polar surface area (TPSA) is 106 Å². The van der Waals surface area contributed by atoms with Crippen molar-refractivity contribution < 1.29 is 29.0 Å². The van der Waals surface area contributed by atoms with Crippen LogP contribution >= 0.6 is 34.5 Å². The number of rotatable bonds is 6. The van der Waals surface area contributed by atoms with Gasteiger partial charge in [0.25, 0.3) is 5.78 Å². The lowest BCUT2D eigenvalue weighted by Gasteiger charge is -2.24. The highest BCUT2D eigenvalue weighted by atomic mass is 35.5. The van der Waals surface area contributed by atoms with Gasteiger partial charge >= 0.3 is 11.9 Å². The molecule has 192 valence electrons. The number of hydrogen-bond donors (Lipinski definition) is 1. The van der Waals surface area contributed by atoms with Crippen LogP contribution < -0.4 is 9.64 Å². The number of amides is 1. The number of thiazole rings is 1. The van der Waals surface area contributed by atoms with Crippen LogP contribution in [0, 0.1) is 13.8 Å². The van der Waals surface area contributed by atoms with Gasteiger partial charge in [-0.3, -0.25) is 14.5 Å². The van der Waals surface area contributed by atoms with E-state index in [9.17, 15) is 19.5 Å². The zero-order valence-corrected chi connectivity index (χ0v) is 22.6. The summed E-state index contributed by atoms with van der Waals surface area (Å²) in [4.78, 5) is 45.0. The maximum Gasteiger partial charge on any atom is 0.350 e. The van der Waals surface area contributed by atoms with Gasteiger partial charge in [-0.25, -0.2) is 9.78 Å². The molecule has 11 heteroatoms. The number of anilines is 1. The van der Waals surface area contributed by atoms with Crippen LogP contribution in [0.5, 0.6) is 5.75 Å². The standard InChI is InChI=1S/C26H22Cl2N2O6S/c1-5-36-25(34)23-13(3)29-26(37-23)30-20(17-8-6-14(27)11-18(17)28)19(22(32)24(30)33)21(31)16-9-7-15(35-4)10-12(16)2/h6-11,20,31H,5H2,1-4H3/b21-19+. The Bertz CT molecular complexity index is 1470. The van der Waals surface area contributed by atoms with Crippen LogP contribution in [0.25, 0.3) is 5.76 Å². The van der Waals surface area contributed by atoms with Crippen LogP contribution in [0.3, 0.4) is 0 Å². The molecule has 3 aromatic rings. The maximum atomic E-state index is 13.4. The lowest BCUT2D eigenvalue weighted by Crippen LogP contribution is -2.29. The number of aliphatic hydroxyl groups excluding tert-OH is 1. The Morgan fingerprint density at radius 3 is 2.51 bits per heavy atom. The summed E-state index contributed by atoms with van der Waals surface area (Å²) in [7, 11) is 1.52. The largest absolute Gasteiger partial charge is 0.507 e. The van der Waals surface area contributed by atoms with E-state index >= 15 is 0 Å². The lowest BCUT2D eigenvalue weighted by atomic mass is 9.94. The minimum Gasteiger partial charge on any atom is -0.507 e. The minimum atomic E-state index is -1.13. The number of aromatic nitrogens is 1. The molecule has 1 unspecified atom stereocenters. The number of benzene rings is 2. The third-order valence-electron chi connectivity index (χ3n) is 5.84. The van der Waals surface area contributed by atoms with Crippen LogP contribution in [0.15, 0.2) is 42.0 Å². The number of carbonyl (C=O) groups is 3. The molecule has 0 saturated carbocycles. The van der Waals surface area contributed by atoms with Crippen molar-refractivity contribution in [2.45, 2.75) is 26.8 Å². The van der Waals surface area contributed by atoms with Crippen molar-refractivity contribution in [3.05, 3.63) is 79.3 Å². The number of ketones is 1. The second-order valence-electron chi connectivity index (χ2n) is 8.15. The number of nitrogens with zero attached hydrogens (tertiary/aromatic N) is 2. The molecule has 1 aliphatic heterocycles. The van der Waals surface area contributed by atoms with Crippen LogP contribution in [0.2, 0.25) is 10.0 Å². The number of aliphatic hydroxyl groups is 1. The fourth-order valence-electron chi connectivity index (χ4n) is 4.09. The highest BCUT2D eigenvalue weighted by Crippen LogP contribution is 2.46. The molecule has 1 amide bonds. The fourth-order valence-corrected chi connectivity index (χ4v) is 5.59. The predicted octanol–water partition coefficient (Wildman–Crippen LogP) is 5.88. The number of halogens is 2. The Morgan fingerprint density at radius 2 is 1.89 bits per heavy atom. The van der Waals surface area contributed by atoms with E-state index in [1.165, 1.54) is 13.2 Å². The second-order valence-corrected chi connectivity index (χ2v) is 9.97. The SMILES string of the molecule is CCOC(=O)c1sc(N2C(=O)C(=O)/C(=C(/O)c3ccc(OC)cc3C)C2c2ccc(Cl)cc2Cl)nc1C. The van der Waals surface area contributed by atoms with Gasteiger partial charge < -0.3 is 14.6 Å². The Balaban J connectivity index is 1.96. The summed E-state index contributed by atoms with van der Waals surface area (Å²) in [6.07, 6.45) is 0. The van der Waals surface area contributed by atoms with Gasteiger partial charge in [0.2, 0.25) is 0 Å². The van der Waals surface area contributed by atoms with E-state index in [1.54, 1.807) is 51.1 Å². The summed E-state index contributed by atoms with van der Waals surface area (Å²) < 4.78 is 10.3. The molecule has 37 heavy (non-hydrogen) atoms. The number of ether oxygens (including phenoxy) is 2. The van der Waals surface area contributed by atoms with Gasteiger partial charge in [-0.1, -0.05) is 40.6 Å². The molecule has 1 fully saturated rings. The first kappa shape index (κ1) is 26.7. The molecule has 1 aromatic heterocycles. The summed E-state index contributed by atoms with van der Waals surface area (Å²) in [6, 6.07) is 8.43. The lowest BCUT2D eigenvalue weighted by molar-refractivity contribution is -0.132. The van der Waals surface area contributed by atoms with Gasteiger partial charge in [-0.2, -0.15) is 0 Å². The molecule has 1 aliphatic rings. The number of Topliss-reactive ketones (excluding diaryl/α,β-unsaturated/α-hetero) is 1. The Morgan fingerprint density at radius 1 is 1.16 bits per heavy atom. The zero-order chi connectivity index (χ0) is 27.0. The summed E-state index contributed by atoms with van der Waals surface area (Å²) >= 11 is 13.5. The van der Waals surface area contributed by atoms with Gasteiger partial charge in [0.15, 0.2) is 5.13 Å². The zero-order valence-electron chi connectivity index (χ0n) is 20.3. The first-order chi connectivity index (χ1) is 17.6. The van der Waals surface area contributed by atoms with E-state index in [4.69, 9.17) is 32.7 Å². The van der Waals surface area contributed by atoms with Gasteiger partial charge in [-0.05, 0) is 62.2 Å². The summed E-state index contributed by atoms with van der Waals surface area (Å²) in [6.45, 7) is 5.19. The summed E-state index contributed by atoms with van der Waals surface area (Å²) in [5.41, 5.74) is 1.49. The van der Waals surface area contributed by atoms with E-state index in [2.05, 4.69) is 4.98 Å². The number of aryl methyl sites for hydroxylation is 2. The normalized spacial score (nSPS) is 16.8. The van der Waals surface area contributed by atoms with Crippen molar-refractivity contribution in [2.75, 3.05) is 18.6 Å². The predicted molar refractivity (Wildman–Crippen MR) is 142 cm³/mol. The van der Waals surface area contributed by atoms with Crippen molar-refractivity contribution in [2.24, 2.45) is 0 Å². The molecule has 1 N–H and O–H groups in total. The number of carbonyl (C=O) groups excluding carboxylic acids is 3. The van der Waals surface area contributed by atoms with Crippen molar-refractivity contribution in [3.8, 4) is 5.75 Å². The van der Waals surface area contributed by atoms with Crippen LogP contribution in [-0.4, -0.2) is 41.5 Å². The molecular weight excluding hydrogens is 539 g/mol. The van der Waals surface area contributed by atoms with Gasteiger partial charge in [0.1, 0.15) is 16.4 Å². The number of methoxy groups -OCH3 is 1.